The minimum absolute atomic E-state index is 0.520. The van der Waals surface area contributed by atoms with E-state index in [9.17, 15) is 0 Å². The second kappa shape index (κ2) is 5.68. The first-order valence-electron chi connectivity index (χ1n) is 8.63. The van der Waals surface area contributed by atoms with Gasteiger partial charge in [0.05, 0.1) is 19.4 Å². The van der Waals surface area contributed by atoms with Crippen molar-refractivity contribution in [3.63, 3.8) is 0 Å². The first kappa shape index (κ1) is 14.8. The van der Waals surface area contributed by atoms with Crippen molar-refractivity contribution in [2.45, 2.75) is 38.6 Å². The SMILES string of the molecule is CC(C)N1CCCc2cc(-c3cnn(C)c3)c(C3COC3)cc21. The molecule has 1 aromatic heterocycles. The zero-order chi connectivity index (χ0) is 16.0. The molecule has 0 saturated carbocycles. The molecule has 2 aromatic rings. The summed E-state index contributed by atoms with van der Waals surface area (Å²) in [5.74, 6) is 0.520. The first-order valence-corrected chi connectivity index (χ1v) is 8.63. The Balaban J connectivity index is 1.85. The highest BCUT2D eigenvalue weighted by atomic mass is 16.5. The lowest BCUT2D eigenvalue weighted by Crippen LogP contribution is -2.36. The first-order chi connectivity index (χ1) is 11.1. The summed E-state index contributed by atoms with van der Waals surface area (Å²) < 4.78 is 7.35. The number of fused-ring (bicyclic) bond motifs is 1. The van der Waals surface area contributed by atoms with Gasteiger partial charge in [-0.1, -0.05) is 0 Å². The zero-order valence-corrected chi connectivity index (χ0v) is 14.2. The van der Waals surface area contributed by atoms with Crippen molar-refractivity contribution in [1.82, 2.24) is 9.78 Å². The summed E-state index contributed by atoms with van der Waals surface area (Å²) in [6, 6.07) is 5.39. The molecule has 0 aliphatic carbocycles. The molecule has 4 nitrogen and oxygen atoms in total. The molecule has 0 N–H and O–H groups in total. The molecule has 3 heterocycles. The van der Waals surface area contributed by atoms with Gasteiger partial charge in [-0.15, -0.1) is 0 Å². The Morgan fingerprint density at radius 1 is 1.26 bits per heavy atom. The van der Waals surface area contributed by atoms with Gasteiger partial charge < -0.3 is 9.64 Å². The van der Waals surface area contributed by atoms with E-state index in [2.05, 4.69) is 42.2 Å². The van der Waals surface area contributed by atoms with Crippen LogP contribution in [0.3, 0.4) is 0 Å². The minimum Gasteiger partial charge on any atom is -0.380 e. The van der Waals surface area contributed by atoms with Crippen molar-refractivity contribution in [2.24, 2.45) is 7.05 Å². The van der Waals surface area contributed by atoms with Crippen molar-refractivity contribution in [3.05, 3.63) is 35.7 Å². The summed E-state index contributed by atoms with van der Waals surface area (Å²) in [4.78, 5) is 2.55. The summed E-state index contributed by atoms with van der Waals surface area (Å²) in [5, 5.41) is 4.37. The van der Waals surface area contributed by atoms with Crippen LogP contribution in [0.2, 0.25) is 0 Å². The molecule has 122 valence electrons. The molecule has 4 rings (SSSR count). The van der Waals surface area contributed by atoms with Gasteiger partial charge in [-0.2, -0.15) is 5.10 Å². The molecule has 0 radical (unpaired) electrons. The molecule has 0 unspecified atom stereocenters. The van der Waals surface area contributed by atoms with Crippen LogP contribution in [-0.4, -0.2) is 35.6 Å². The Morgan fingerprint density at radius 2 is 2.09 bits per heavy atom. The third-order valence-electron chi connectivity index (χ3n) is 5.12. The fraction of sp³-hybridized carbons (Fsp3) is 0.526. The number of aryl methyl sites for hydroxylation is 2. The maximum atomic E-state index is 5.47. The molecular weight excluding hydrogens is 286 g/mol. The fourth-order valence-corrected chi connectivity index (χ4v) is 3.78. The lowest BCUT2D eigenvalue weighted by Gasteiger charge is -2.37. The topological polar surface area (TPSA) is 30.3 Å². The van der Waals surface area contributed by atoms with E-state index in [0.717, 1.165) is 19.8 Å². The van der Waals surface area contributed by atoms with E-state index in [1.54, 1.807) is 0 Å². The number of hydrogen-bond donors (Lipinski definition) is 0. The van der Waals surface area contributed by atoms with Crippen molar-refractivity contribution in [3.8, 4) is 11.1 Å². The Bertz CT molecular complexity index is 715. The number of hydrogen-bond acceptors (Lipinski definition) is 3. The van der Waals surface area contributed by atoms with Crippen molar-refractivity contribution >= 4 is 5.69 Å². The number of rotatable bonds is 3. The highest BCUT2D eigenvalue weighted by molar-refractivity contribution is 5.74. The highest BCUT2D eigenvalue weighted by Crippen LogP contribution is 2.40. The van der Waals surface area contributed by atoms with E-state index in [0.29, 0.717) is 12.0 Å². The van der Waals surface area contributed by atoms with E-state index in [1.165, 1.54) is 40.8 Å². The molecule has 2 aliphatic rings. The van der Waals surface area contributed by atoms with E-state index < -0.39 is 0 Å². The Hall–Kier alpha value is -1.81. The third kappa shape index (κ3) is 2.55. The number of nitrogens with zero attached hydrogens (tertiary/aromatic N) is 3. The maximum Gasteiger partial charge on any atom is 0.0568 e. The molecule has 0 bridgehead atoms. The van der Waals surface area contributed by atoms with Crippen molar-refractivity contribution < 1.29 is 4.74 Å². The van der Waals surface area contributed by atoms with Gasteiger partial charge in [-0.3, -0.25) is 4.68 Å². The molecule has 1 fully saturated rings. The normalized spacial score (nSPS) is 18.2. The molecule has 1 aromatic carbocycles. The standard InChI is InChI=1S/C19H25N3O/c1-13(2)22-6-4-5-14-7-17(15-9-20-21(3)10-15)18(8-19(14)22)16-11-23-12-16/h7-10,13,16H,4-6,11-12H2,1-3H3. The van der Waals surface area contributed by atoms with Crippen LogP contribution in [-0.2, 0) is 18.2 Å². The van der Waals surface area contributed by atoms with Gasteiger partial charge in [0.25, 0.3) is 0 Å². The van der Waals surface area contributed by atoms with Gasteiger partial charge in [0.2, 0.25) is 0 Å². The molecule has 0 amide bonds. The van der Waals surface area contributed by atoms with E-state index in [1.807, 2.05) is 17.9 Å². The van der Waals surface area contributed by atoms with Crippen LogP contribution >= 0.6 is 0 Å². The van der Waals surface area contributed by atoms with Gasteiger partial charge in [0, 0.05) is 43.0 Å². The van der Waals surface area contributed by atoms with Crippen LogP contribution in [0.1, 0.15) is 37.3 Å². The van der Waals surface area contributed by atoms with Crippen LogP contribution in [0.25, 0.3) is 11.1 Å². The summed E-state index contributed by atoms with van der Waals surface area (Å²) in [6.07, 6.45) is 6.51. The smallest absolute Gasteiger partial charge is 0.0568 e. The summed E-state index contributed by atoms with van der Waals surface area (Å²) in [7, 11) is 1.98. The summed E-state index contributed by atoms with van der Waals surface area (Å²) in [6.45, 7) is 7.42. The van der Waals surface area contributed by atoms with E-state index in [4.69, 9.17) is 4.74 Å². The van der Waals surface area contributed by atoms with E-state index >= 15 is 0 Å². The van der Waals surface area contributed by atoms with Crippen LogP contribution in [0.4, 0.5) is 5.69 Å². The molecule has 4 heteroatoms. The highest BCUT2D eigenvalue weighted by Gasteiger charge is 2.28. The monoisotopic (exact) mass is 311 g/mol. The molecule has 0 spiro atoms. The summed E-state index contributed by atoms with van der Waals surface area (Å²) >= 11 is 0. The average Bonchev–Trinajstić information content (AvgIpc) is 2.90. The predicted molar refractivity (Wildman–Crippen MR) is 93.0 cm³/mol. The lowest BCUT2D eigenvalue weighted by molar-refractivity contribution is 0.00864. The van der Waals surface area contributed by atoms with Crippen molar-refractivity contribution in [1.29, 1.82) is 0 Å². The van der Waals surface area contributed by atoms with Gasteiger partial charge in [0.15, 0.2) is 0 Å². The van der Waals surface area contributed by atoms with Gasteiger partial charge in [-0.25, -0.2) is 0 Å². The van der Waals surface area contributed by atoms with Gasteiger partial charge in [-0.05, 0) is 55.5 Å². The molecule has 2 aliphatic heterocycles. The minimum atomic E-state index is 0.520. The second-order valence-corrected chi connectivity index (χ2v) is 7.10. The second-order valence-electron chi connectivity index (χ2n) is 7.10. The third-order valence-corrected chi connectivity index (χ3v) is 5.12. The van der Waals surface area contributed by atoms with Crippen LogP contribution in [0.5, 0.6) is 0 Å². The molecule has 23 heavy (non-hydrogen) atoms. The molecule has 1 saturated heterocycles. The number of aromatic nitrogens is 2. The lowest BCUT2D eigenvalue weighted by atomic mass is 9.86. The Labute approximate surface area is 138 Å². The number of anilines is 1. The molecular formula is C19H25N3O. The summed E-state index contributed by atoms with van der Waals surface area (Å²) in [5.41, 5.74) is 6.90. The average molecular weight is 311 g/mol. The van der Waals surface area contributed by atoms with Gasteiger partial charge in [0.1, 0.15) is 0 Å². The quantitative estimate of drug-likeness (QED) is 0.871. The number of ether oxygens (including phenoxy) is 1. The Morgan fingerprint density at radius 3 is 2.70 bits per heavy atom. The maximum absolute atomic E-state index is 5.47. The van der Waals surface area contributed by atoms with Crippen molar-refractivity contribution in [2.75, 3.05) is 24.7 Å². The van der Waals surface area contributed by atoms with Gasteiger partial charge >= 0.3 is 0 Å². The Kier molecular flexibility index (Phi) is 3.64. The zero-order valence-electron chi connectivity index (χ0n) is 14.2. The van der Waals surface area contributed by atoms with Crippen LogP contribution < -0.4 is 4.90 Å². The fourth-order valence-electron chi connectivity index (χ4n) is 3.78. The van der Waals surface area contributed by atoms with E-state index in [-0.39, 0.29) is 0 Å². The molecule has 0 atom stereocenters. The largest absolute Gasteiger partial charge is 0.380 e. The number of benzene rings is 1. The van der Waals surface area contributed by atoms with Crippen LogP contribution in [0.15, 0.2) is 24.5 Å². The predicted octanol–water partition coefficient (Wildman–Crippen LogP) is 3.36. The van der Waals surface area contributed by atoms with Crippen LogP contribution in [0, 0.1) is 0 Å².